The molecule has 1 heterocycles. The van der Waals surface area contributed by atoms with Gasteiger partial charge in [0.25, 0.3) is 5.92 Å². The number of halogens is 2. The van der Waals surface area contributed by atoms with Gasteiger partial charge >= 0.3 is 0 Å². The van der Waals surface area contributed by atoms with Crippen molar-refractivity contribution in [3.63, 3.8) is 0 Å². The molecule has 0 bridgehead atoms. The smallest absolute Gasteiger partial charge is 0.228 e. The molecule has 0 saturated carbocycles. The summed E-state index contributed by atoms with van der Waals surface area (Å²) in [6, 6.07) is 38.0. The SMILES string of the molecule is FC1(F)c2ccccc2-c2ccc(-c3nc(-c4ccccc4)cc(-c4cccc5ccccc45)n3)cc21. The zero-order valence-electron chi connectivity index (χ0n) is 19.7. The Labute approximate surface area is 212 Å². The second kappa shape index (κ2) is 8.17. The molecule has 2 nitrogen and oxygen atoms in total. The van der Waals surface area contributed by atoms with Gasteiger partial charge in [0.2, 0.25) is 0 Å². The van der Waals surface area contributed by atoms with Crippen LogP contribution in [0.2, 0.25) is 0 Å². The van der Waals surface area contributed by atoms with Crippen LogP contribution in [0.5, 0.6) is 0 Å². The van der Waals surface area contributed by atoms with E-state index in [4.69, 9.17) is 9.97 Å². The Bertz CT molecular complexity index is 1800. The van der Waals surface area contributed by atoms with E-state index in [0.717, 1.165) is 33.3 Å². The third kappa shape index (κ3) is 3.45. The number of hydrogen-bond donors (Lipinski definition) is 0. The second-order valence-corrected chi connectivity index (χ2v) is 9.24. The zero-order valence-corrected chi connectivity index (χ0v) is 19.7. The molecule has 4 heteroatoms. The maximum Gasteiger partial charge on any atom is 0.299 e. The van der Waals surface area contributed by atoms with Gasteiger partial charge in [-0.3, -0.25) is 0 Å². The Balaban J connectivity index is 1.45. The average Bonchev–Trinajstić information content (AvgIpc) is 3.19. The van der Waals surface area contributed by atoms with Crippen LogP contribution in [-0.4, -0.2) is 9.97 Å². The minimum Gasteiger partial charge on any atom is -0.228 e. The second-order valence-electron chi connectivity index (χ2n) is 9.24. The Morgan fingerprint density at radius 2 is 1.16 bits per heavy atom. The van der Waals surface area contributed by atoms with E-state index in [1.807, 2.05) is 66.7 Å². The third-order valence-electron chi connectivity index (χ3n) is 7.03. The number of benzene rings is 5. The number of hydrogen-bond acceptors (Lipinski definition) is 2. The molecule has 1 aliphatic carbocycles. The van der Waals surface area contributed by atoms with Gasteiger partial charge < -0.3 is 0 Å². The molecule has 5 aromatic carbocycles. The summed E-state index contributed by atoms with van der Waals surface area (Å²) in [5, 5.41) is 2.18. The first-order valence-corrected chi connectivity index (χ1v) is 12.1. The minimum absolute atomic E-state index is 0.00775. The highest BCUT2D eigenvalue weighted by molar-refractivity contribution is 5.96. The monoisotopic (exact) mass is 482 g/mol. The predicted molar refractivity (Wildman–Crippen MR) is 144 cm³/mol. The molecule has 7 rings (SSSR count). The first-order valence-electron chi connectivity index (χ1n) is 12.1. The number of rotatable bonds is 3. The molecule has 0 N–H and O–H groups in total. The summed E-state index contributed by atoms with van der Waals surface area (Å²) in [6.07, 6.45) is 0. The summed E-state index contributed by atoms with van der Waals surface area (Å²) in [6.45, 7) is 0. The molecule has 37 heavy (non-hydrogen) atoms. The molecule has 176 valence electrons. The van der Waals surface area contributed by atoms with Crippen molar-refractivity contribution in [2.45, 2.75) is 5.92 Å². The van der Waals surface area contributed by atoms with E-state index in [9.17, 15) is 0 Å². The Morgan fingerprint density at radius 3 is 2.05 bits per heavy atom. The molecule has 0 saturated heterocycles. The highest BCUT2D eigenvalue weighted by atomic mass is 19.3. The average molecular weight is 483 g/mol. The van der Waals surface area contributed by atoms with Gasteiger partial charge in [-0.05, 0) is 34.0 Å². The highest BCUT2D eigenvalue weighted by Crippen LogP contribution is 2.51. The molecule has 0 aliphatic heterocycles. The molecule has 0 unspecified atom stereocenters. The van der Waals surface area contributed by atoms with Crippen LogP contribution in [0, 0.1) is 0 Å². The van der Waals surface area contributed by atoms with E-state index in [2.05, 4.69) is 18.2 Å². The van der Waals surface area contributed by atoms with Gasteiger partial charge in [-0.15, -0.1) is 0 Å². The van der Waals surface area contributed by atoms with Crippen LogP contribution < -0.4 is 0 Å². The molecule has 6 aromatic rings. The van der Waals surface area contributed by atoms with Crippen LogP contribution in [0.15, 0.2) is 121 Å². The van der Waals surface area contributed by atoms with E-state index < -0.39 is 5.92 Å². The van der Waals surface area contributed by atoms with Crippen LogP contribution in [0.3, 0.4) is 0 Å². The molecular weight excluding hydrogens is 462 g/mol. The van der Waals surface area contributed by atoms with Crippen molar-refractivity contribution in [2.24, 2.45) is 0 Å². The van der Waals surface area contributed by atoms with E-state index in [0.29, 0.717) is 22.5 Å². The van der Waals surface area contributed by atoms with Crippen LogP contribution in [-0.2, 0) is 5.92 Å². The number of aromatic nitrogens is 2. The largest absolute Gasteiger partial charge is 0.299 e. The molecule has 1 aromatic heterocycles. The highest BCUT2D eigenvalue weighted by Gasteiger charge is 2.44. The summed E-state index contributed by atoms with van der Waals surface area (Å²) in [7, 11) is 0. The van der Waals surface area contributed by atoms with E-state index in [1.165, 1.54) is 6.07 Å². The quantitative estimate of drug-likeness (QED) is 0.252. The summed E-state index contributed by atoms with van der Waals surface area (Å²) in [5.41, 5.74) is 5.11. The summed E-state index contributed by atoms with van der Waals surface area (Å²) >= 11 is 0. The van der Waals surface area contributed by atoms with Crippen molar-refractivity contribution in [1.29, 1.82) is 0 Å². The number of fused-ring (bicyclic) bond motifs is 4. The minimum atomic E-state index is -3.07. The molecule has 0 fully saturated rings. The maximum atomic E-state index is 15.4. The molecular formula is C33H20F2N2. The lowest BCUT2D eigenvalue weighted by Crippen LogP contribution is -2.11. The Morgan fingerprint density at radius 1 is 0.486 bits per heavy atom. The zero-order chi connectivity index (χ0) is 25.0. The molecule has 0 spiro atoms. The van der Waals surface area contributed by atoms with Crippen LogP contribution in [0.25, 0.3) is 55.8 Å². The van der Waals surface area contributed by atoms with E-state index in [-0.39, 0.29) is 11.1 Å². The van der Waals surface area contributed by atoms with Gasteiger partial charge in [0.15, 0.2) is 5.82 Å². The van der Waals surface area contributed by atoms with Gasteiger partial charge in [-0.2, -0.15) is 8.78 Å². The fourth-order valence-corrected chi connectivity index (χ4v) is 5.23. The maximum absolute atomic E-state index is 15.4. The molecule has 0 amide bonds. The van der Waals surface area contributed by atoms with Crippen molar-refractivity contribution in [3.05, 3.63) is 132 Å². The Kier molecular flexibility index (Phi) is 4.76. The standard InChI is InChI=1S/C33H20F2N2/c34-33(35)28-16-7-6-14-25(28)26-18-17-23(19-29(26)33)32-36-30(22-10-2-1-3-11-22)20-31(37-32)27-15-8-12-21-9-4-5-13-24(21)27/h1-20H. The molecule has 1 aliphatic rings. The van der Waals surface area contributed by atoms with Crippen molar-refractivity contribution < 1.29 is 8.78 Å². The first kappa shape index (κ1) is 21.6. The molecule has 0 atom stereocenters. The summed E-state index contributed by atoms with van der Waals surface area (Å²) in [4.78, 5) is 9.76. The normalized spacial score (nSPS) is 13.4. The predicted octanol–water partition coefficient (Wildman–Crippen LogP) is 8.75. The Hall–Kier alpha value is -4.70. The fraction of sp³-hybridized carbons (Fsp3) is 0.0303. The van der Waals surface area contributed by atoms with Gasteiger partial charge in [0, 0.05) is 27.8 Å². The van der Waals surface area contributed by atoms with Gasteiger partial charge in [0.05, 0.1) is 11.4 Å². The fourth-order valence-electron chi connectivity index (χ4n) is 5.23. The summed E-state index contributed by atoms with van der Waals surface area (Å²) < 4.78 is 30.9. The van der Waals surface area contributed by atoms with Gasteiger partial charge in [-0.25, -0.2) is 9.97 Å². The van der Waals surface area contributed by atoms with Gasteiger partial charge in [0.1, 0.15) is 0 Å². The van der Waals surface area contributed by atoms with Gasteiger partial charge in [-0.1, -0.05) is 109 Å². The van der Waals surface area contributed by atoms with Crippen LogP contribution in [0.1, 0.15) is 11.1 Å². The third-order valence-corrected chi connectivity index (χ3v) is 7.03. The van der Waals surface area contributed by atoms with E-state index in [1.54, 1.807) is 30.3 Å². The number of alkyl halides is 2. The lowest BCUT2D eigenvalue weighted by atomic mass is 9.99. The lowest BCUT2D eigenvalue weighted by Gasteiger charge is -2.14. The topological polar surface area (TPSA) is 25.8 Å². The van der Waals surface area contributed by atoms with Crippen LogP contribution in [0.4, 0.5) is 8.78 Å². The summed E-state index contributed by atoms with van der Waals surface area (Å²) in [5.74, 6) is -2.66. The van der Waals surface area contributed by atoms with E-state index >= 15 is 8.78 Å². The molecule has 0 radical (unpaired) electrons. The number of nitrogens with zero attached hydrogens (tertiary/aromatic N) is 2. The van der Waals surface area contributed by atoms with Crippen molar-refractivity contribution in [1.82, 2.24) is 9.97 Å². The van der Waals surface area contributed by atoms with Crippen molar-refractivity contribution in [3.8, 4) is 45.0 Å². The van der Waals surface area contributed by atoms with Crippen molar-refractivity contribution >= 4 is 10.8 Å². The van der Waals surface area contributed by atoms with Crippen LogP contribution >= 0.6 is 0 Å². The van der Waals surface area contributed by atoms with Crippen molar-refractivity contribution in [2.75, 3.05) is 0 Å². The lowest BCUT2D eigenvalue weighted by molar-refractivity contribution is 0.0480. The first-order chi connectivity index (χ1) is 18.1.